The first kappa shape index (κ1) is 30.6. The quantitative estimate of drug-likeness (QED) is 0.183. The summed E-state index contributed by atoms with van der Waals surface area (Å²) in [6.07, 6.45) is 1.58. The largest absolute Gasteiger partial charge is 0.457 e. The number of pyridine rings is 1. The van der Waals surface area contributed by atoms with Gasteiger partial charge in [0.05, 0.1) is 30.3 Å². The second-order valence-corrected chi connectivity index (χ2v) is 12.2. The van der Waals surface area contributed by atoms with Crippen LogP contribution in [0.1, 0.15) is 32.0 Å². The smallest absolute Gasteiger partial charge is 0.324 e. The summed E-state index contributed by atoms with van der Waals surface area (Å²) in [6.45, 7) is 10.4. The van der Waals surface area contributed by atoms with Gasteiger partial charge in [-0.15, -0.1) is 0 Å². The van der Waals surface area contributed by atoms with Crippen LogP contribution < -0.4 is 20.7 Å². The Labute approximate surface area is 267 Å². The number of fused-ring (bicyclic) bond motifs is 1. The van der Waals surface area contributed by atoms with Gasteiger partial charge in [0, 0.05) is 47.6 Å². The summed E-state index contributed by atoms with van der Waals surface area (Å²) in [5.41, 5.74) is 3.25. The van der Waals surface area contributed by atoms with Crippen molar-refractivity contribution in [2.45, 2.75) is 33.1 Å². The highest BCUT2D eigenvalue weighted by Crippen LogP contribution is 2.35. The lowest BCUT2D eigenvalue weighted by molar-refractivity contribution is 0.0564. The number of rotatable bonds is 6. The third kappa shape index (κ3) is 6.94. The Morgan fingerprint density at radius 3 is 2.35 bits per heavy atom. The molecule has 0 unspecified atom stereocenters. The lowest BCUT2D eigenvalue weighted by Crippen LogP contribution is -2.43. The number of ether oxygens (including phenoxy) is 2. The van der Waals surface area contributed by atoms with E-state index in [1.165, 1.54) is 0 Å². The first-order valence-electron chi connectivity index (χ1n) is 15.2. The van der Waals surface area contributed by atoms with E-state index in [0.29, 0.717) is 55.1 Å². The SMILES string of the molecule is Cc1ccc(-n2nc(C(C)(C)C)cc2NC(=O)Nc2ccc(Oc3ccnc(NC(=O)N4CCOCC4)c3)c3ccccc23)cc1. The molecule has 46 heavy (non-hydrogen) atoms. The van der Waals surface area contributed by atoms with E-state index < -0.39 is 6.03 Å². The molecule has 3 N–H and O–H groups in total. The Morgan fingerprint density at radius 2 is 1.61 bits per heavy atom. The van der Waals surface area contributed by atoms with Gasteiger partial charge in [0.25, 0.3) is 0 Å². The van der Waals surface area contributed by atoms with Crippen molar-refractivity contribution in [2.75, 3.05) is 42.3 Å². The molecule has 3 heterocycles. The van der Waals surface area contributed by atoms with Crippen LogP contribution in [0.5, 0.6) is 11.5 Å². The first-order chi connectivity index (χ1) is 22.1. The van der Waals surface area contributed by atoms with E-state index in [1.807, 2.05) is 61.5 Å². The van der Waals surface area contributed by atoms with E-state index in [9.17, 15) is 9.59 Å². The van der Waals surface area contributed by atoms with E-state index in [2.05, 4.69) is 41.7 Å². The summed E-state index contributed by atoms with van der Waals surface area (Å²) in [5, 5.41) is 15.2. The molecular formula is C35H37N7O4. The molecule has 0 atom stereocenters. The zero-order valence-electron chi connectivity index (χ0n) is 26.3. The molecule has 0 aliphatic carbocycles. The van der Waals surface area contributed by atoms with Crippen LogP contribution in [0.3, 0.4) is 0 Å². The molecule has 0 bridgehead atoms. The van der Waals surface area contributed by atoms with E-state index >= 15 is 0 Å². The molecule has 11 heteroatoms. The predicted octanol–water partition coefficient (Wildman–Crippen LogP) is 7.33. The van der Waals surface area contributed by atoms with Crippen LogP contribution in [0.4, 0.5) is 26.9 Å². The maximum atomic E-state index is 13.4. The Kier molecular flexibility index (Phi) is 8.58. The zero-order chi connectivity index (χ0) is 32.3. The number of carbonyl (C=O) groups is 2. The Bertz CT molecular complexity index is 1870. The summed E-state index contributed by atoms with van der Waals surface area (Å²) in [5.74, 6) is 2.04. The first-order valence-corrected chi connectivity index (χ1v) is 15.2. The van der Waals surface area contributed by atoms with E-state index in [-0.39, 0.29) is 11.4 Å². The third-order valence-electron chi connectivity index (χ3n) is 7.62. The summed E-state index contributed by atoms with van der Waals surface area (Å²) in [4.78, 5) is 32.0. The fourth-order valence-corrected chi connectivity index (χ4v) is 5.08. The molecule has 236 valence electrons. The number of nitrogens with zero attached hydrogens (tertiary/aromatic N) is 4. The topological polar surface area (TPSA) is 123 Å². The van der Waals surface area contributed by atoms with Gasteiger partial charge >= 0.3 is 12.1 Å². The summed E-state index contributed by atoms with van der Waals surface area (Å²) >= 11 is 0. The zero-order valence-corrected chi connectivity index (χ0v) is 26.3. The van der Waals surface area contributed by atoms with Gasteiger partial charge in [-0.05, 0) is 37.3 Å². The number of aromatic nitrogens is 3. The molecule has 4 amide bonds. The van der Waals surface area contributed by atoms with Gasteiger partial charge < -0.3 is 19.7 Å². The molecule has 1 fully saturated rings. The molecule has 5 aromatic rings. The second-order valence-electron chi connectivity index (χ2n) is 12.2. The average molecular weight is 620 g/mol. The maximum Gasteiger partial charge on any atom is 0.324 e. The molecule has 0 saturated carbocycles. The maximum absolute atomic E-state index is 13.4. The van der Waals surface area contributed by atoms with Crippen LogP contribution in [-0.2, 0) is 10.2 Å². The van der Waals surface area contributed by atoms with Crippen molar-refractivity contribution in [1.29, 1.82) is 0 Å². The van der Waals surface area contributed by atoms with Gasteiger partial charge in [0.1, 0.15) is 23.1 Å². The van der Waals surface area contributed by atoms with Crippen molar-refractivity contribution < 1.29 is 19.1 Å². The molecule has 1 saturated heterocycles. The number of urea groups is 2. The summed E-state index contributed by atoms with van der Waals surface area (Å²) in [7, 11) is 0. The van der Waals surface area contributed by atoms with Crippen LogP contribution in [0, 0.1) is 6.92 Å². The molecule has 11 nitrogen and oxygen atoms in total. The van der Waals surface area contributed by atoms with Crippen molar-refractivity contribution in [3.05, 3.63) is 96.3 Å². The lowest BCUT2D eigenvalue weighted by atomic mass is 9.92. The van der Waals surface area contributed by atoms with Crippen LogP contribution >= 0.6 is 0 Å². The highest BCUT2D eigenvalue weighted by atomic mass is 16.5. The number of anilines is 3. The van der Waals surface area contributed by atoms with Crippen LogP contribution in [0.2, 0.25) is 0 Å². The van der Waals surface area contributed by atoms with Crippen molar-refractivity contribution in [2.24, 2.45) is 0 Å². The minimum atomic E-state index is -0.401. The number of hydrogen-bond acceptors (Lipinski definition) is 6. The van der Waals surface area contributed by atoms with Crippen molar-refractivity contribution >= 4 is 40.2 Å². The van der Waals surface area contributed by atoms with Crippen LogP contribution in [-0.4, -0.2) is 58.0 Å². The Morgan fingerprint density at radius 1 is 0.870 bits per heavy atom. The fourth-order valence-electron chi connectivity index (χ4n) is 5.08. The van der Waals surface area contributed by atoms with Crippen molar-refractivity contribution in [3.8, 4) is 17.2 Å². The van der Waals surface area contributed by atoms with Gasteiger partial charge in [-0.2, -0.15) is 5.10 Å². The number of aryl methyl sites for hydroxylation is 1. The molecule has 2 aromatic heterocycles. The summed E-state index contributed by atoms with van der Waals surface area (Å²) < 4.78 is 13.3. The average Bonchev–Trinajstić information content (AvgIpc) is 3.47. The van der Waals surface area contributed by atoms with E-state index in [1.54, 1.807) is 40.0 Å². The standard InChI is InChI=1S/C35H37N7O4/c1-23-9-11-24(12-10-23)42-32(22-30(40-42)35(2,3)4)39-33(43)37-28-13-14-29(27-8-6-5-7-26(27)28)46-25-15-16-36-31(21-25)38-34(44)41-17-19-45-20-18-41/h5-16,21-22H,17-20H2,1-4H3,(H,36,38,44)(H2,37,39,43). The van der Waals surface area contributed by atoms with Gasteiger partial charge in [-0.25, -0.2) is 19.3 Å². The van der Waals surface area contributed by atoms with Crippen LogP contribution in [0.15, 0.2) is 85.1 Å². The molecule has 0 spiro atoms. The highest BCUT2D eigenvalue weighted by Gasteiger charge is 2.22. The molecule has 1 aliphatic heterocycles. The fraction of sp³-hybridized carbons (Fsp3) is 0.257. The van der Waals surface area contributed by atoms with Crippen LogP contribution in [0.25, 0.3) is 16.5 Å². The monoisotopic (exact) mass is 619 g/mol. The Hall–Kier alpha value is -5.42. The van der Waals surface area contributed by atoms with Gasteiger partial charge in [0.15, 0.2) is 0 Å². The second kappa shape index (κ2) is 12.9. The van der Waals surface area contributed by atoms with Gasteiger partial charge in [-0.1, -0.05) is 62.7 Å². The number of nitrogens with one attached hydrogen (secondary N) is 3. The number of morpholine rings is 1. The number of amides is 4. The molecule has 0 radical (unpaired) electrons. The lowest BCUT2D eigenvalue weighted by Gasteiger charge is -2.26. The van der Waals surface area contributed by atoms with Gasteiger partial charge in [-0.3, -0.25) is 10.6 Å². The third-order valence-corrected chi connectivity index (χ3v) is 7.62. The highest BCUT2D eigenvalue weighted by molar-refractivity contribution is 6.07. The normalized spacial score (nSPS) is 13.3. The van der Waals surface area contributed by atoms with Gasteiger partial charge in [0.2, 0.25) is 0 Å². The molecule has 1 aliphatic rings. The summed E-state index contributed by atoms with van der Waals surface area (Å²) in [6, 6.07) is 23.9. The molecular weight excluding hydrogens is 582 g/mol. The van der Waals surface area contributed by atoms with E-state index in [4.69, 9.17) is 14.6 Å². The van der Waals surface area contributed by atoms with Crippen molar-refractivity contribution in [1.82, 2.24) is 19.7 Å². The number of hydrogen-bond donors (Lipinski definition) is 3. The minimum absolute atomic E-state index is 0.210. The van der Waals surface area contributed by atoms with Crippen molar-refractivity contribution in [3.63, 3.8) is 0 Å². The number of benzene rings is 3. The minimum Gasteiger partial charge on any atom is -0.457 e. The molecule has 3 aromatic carbocycles. The van der Waals surface area contributed by atoms with E-state index in [0.717, 1.165) is 27.7 Å². The predicted molar refractivity (Wildman–Crippen MR) is 179 cm³/mol. The molecule has 6 rings (SSSR count). The Balaban J connectivity index is 1.20. The number of carbonyl (C=O) groups excluding carboxylic acids is 2.